The molecule has 0 aromatic heterocycles. The summed E-state index contributed by atoms with van der Waals surface area (Å²) in [6.07, 6.45) is -3.43. The number of carbonyl (C=O) groups excluding carboxylic acids is 1. The minimum atomic E-state index is -1.49. The van der Waals surface area contributed by atoms with Gasteiger partial charge in [-0.1, -0.05) is 0 Å². The van der Waals surface area contributed by atoms with Crippen molar-refractivity contribution in [2.45, 2.75) is 18.9 Å². The maximum absolute atomic E-state index is 10.3. The van der Waals surface area contributed by atoms with Crippen LogP contribution in [0.15, 0.2) is 0 Å². The van der Waals surface area contributed by atoms with Gasteiger partial charge in [-0.25, -0.2) is 9.59 Å². The zero-order valence-electron chi connectivity index (χ0n) is 6.60. The molecule has 13 heavy (non-hydrogen) atoms. The summed E-state index contributed by atoms with van der Waals surface area (Å²) in [7, 11) is 0. The van der Waals surface area contributed by atoms with Crippen LogP contribution in [0.5, 0.6) is 0 Å². The molecule has 4 N–H and O–H groups in total. The number of primary amides is 1. The molecule has 0 saturated carbocycles. The van der Waals surface area contributed by atoms with Crippen LogP contribution in [-0.4, -0.2) is 34.3 Å². The molecule has 1 atom stereocenters. The number of carboxylic acid groups (broad SMARTS) is 2. The van der Waals surface area contributed by atoms with E-state index in [-0.39, 0.29) is 6.42 Å². The van der Waals surface area contributed by atoms with Crippen LogP contribution in [0.2, 0.25) is 0 Å². The average Bonchev–Trinajstić information content (AvgIpc) is 1.96. The van der Waals surface area contributed by atoms with Gasteiger partial charge in [0.25, 0.3) is 0 Å². The zero-order valence-corrected chi connectivity index (χ0v) is 6.60. The molecule has 0 radical (unpaired) electrons. The van der Waals surface area contributed by atoms with Crippen LogP contribution in [0.1, 0.15) is 12.8 Å². The first-order chi connectivity index (χ1) is 5.93. The number of rotatable bonds is 5. The van der Waals surface area contributed by atoms with E-state index in [0.717, 1.165) is 0 Å². The van der Waals surface area contributed by atoms with Crippen LogP contribution < -0.4 is 5.73 Å². The molecule has 0 aliphatic heterocycles. The maximum atomic E-state index is 10.3. The van der Waals surface area contributed by atoms with Gasteiger partial charge in [-0.3, -0.25) is 4.79 Å². The summed E-state index contributed by atoms with van der Waals surface area (Å²) in [6, 6.07) is 0. The van der Waals surface area contributed by atoms with E-state index in [1.165, 1.54) is 0 Å². The molecule has 0 aromatic carbocycles. The Bertz CT molecular complexity index is 225. The fourth-order valence-corrected chi connectivity index (χ4v) is 0.628. The molecular formula is C6H9NO6. The number of amides is 1. The van der Waals surface area contributed by atoms with Gasteiger partial charge in [-0.15, -0.1) is 0 Å². The first kappa shape index (κ1) is 11.2. The Kier molecular flexibility index (Phi) is 4.28. The molecule has 7 nitrogen and oxygen atoms in total. The van der Waals surface area contributed by atoms with E-state index in [1.54, 1.807) is 0 Å². The predicted molar refractivity (Wildman–Crippen MR) is 39.0 cm³/mol. The number of ether oxygens (including phenoxy) is 1. The van der Waals surface area contributed by atoms with Crippen molar-refractivity contribution in [2.75, 3.05) is 0 Å². The summed E-state index contributed by atoms with van der Waals surface area (Å²) in [4.78, 5) is 30.5. The zero-order chi connectivity index (χ0) is 10.4. The molecule has 0 saturated heterocycles. The summed E-state index contributed by atoms with van der Waals surface area (Å²) >= 11 is 0. The van der Waals surface area contributed by atoms with Gasteiger partial charge in [0.2, 0.25) is 6.10 Å². The Morgan fingerprint density at radius 2 is 1.85 bits per heavy atom. The maximum Gasteiger partial charge on any atom is 0.405 e. The van der Waals surface area contributed by atoms with Crippen molar-refractivity contribution in [3.05, 3.63) is 0 Å². The SMILES string of the molecule is NC(=O)OC(CCC(=O)O)C(=O)O. The van der Waals surface area contributed by atoms with E-state index in [0.29, 0.717) is 0 Å². The highest BCUT2D eigenvalue weighted by Crippen LogP contribution is 2.02. The first-order valence-corrected chi connectivity index (χ1v) is 3.34. The molecule has 0 rings (SSSR count). The summed E-state index contributed by atoms with van der Waals surface area (Å²) in [6.45, 7) is 0. The molecule has 7 heteroatoms. The standard InChI is InChI=1S/C6H9NO6/c7-6(12)13-3(5(10)11)1-2-4(8)9/h3H,1-2H2,(H2,7,12)(H,8,9)(H,10,11). The van der Waals surface area contributed by atoms with Crippen LogP contribution >= 0.6 is 0 Å². The molecule has 74 valence electrons. The van der Waals surface area contributed by atoms with E-state index in [4.69, 9.17) is 10.2 Å². The summed E-state index contributed by atoms with van der Waals surface area (Å²) in [5.41, 5.74) is 4.57. The first-order valence-electron chi connectivity index (χ1n) is 3.34. The Labute approximate surface area is 73.1 Å². The molecule has 0 fully saturated rings. The largest absolute Gasteiger partial charge is 0.481 e. The van der Waals surface area contributed by atoms with Crippen molar-refractivity contribution in [2.24, 2.45) is 5.73 Å². The van der Waals surface area contributed by atoms with Gasteiger partial charge in [-0.05, 0) is 0 Å². The van der Waals surface area contributed by atoms with Crippen molar-refractivity contribution in [3.63, 3.8) is 0 Å². The van der Waals surface area contributed by atoms with Gasteiger partial charge >= 0.3 is 18.0 Å². The number of hydrogen-bond donors (Lipinski definition) is 3. The second kappa shape index (κ2) is 4.96. The van der Waals surface area contributed by atoms with Gasteiger partial charge < -0.3 is 20.7 Å². The van der Waals surface area contributed by atoms with Crippen molar-refractivity contribution in [3.8, 4) is 0 Å². The van der Waals surface area contributed by atoms with E-state index in [9.17, 15) is 14.4 Å². The molecule has 0 aliphatic rings. The van der Waals surface area contributed by atoms with Gasteiger partial charge in [0, 0.05) is 12.8 Å². The lowest BCUT2D eigenvalue weighted by molar-refractivity contribution is -0.147. The van der Waals surface area contributed by atoms with Crippen LogP contribution in [0.3, 0.4) is 0 Å². The third-order valence-electron chi connectivity index (χ3n) is 1.15. The van der Waals surface area contributed by atoms with Crippen LogP contribution in [0.25, 0.3) is 0 Å². The van der Waals surface area contributed by atoms with Gasteiger partial charge in [0.05, 0.1) is 0 Å². The normalized spacial score (nSPS) is 11.7. The fourth-order valence-electron chi connectivity index (χ4n) is 0.628. The lowest BCUT2D eigenvalue weighted by Gasteiger charge is -2.09. The monoisotopic (exact) mass is 191 g/mol. The fraction of sp³-hybridized carbons (Fsp3) is 0.500. The Morgan fingerprint density at radius 3 is 2.15 bits per heavy atom. The third-order valence-corrected chi connectivity index (χ3v) is 1.15. The van der Waals surface area contributed by atoms with E-state index >= 15 is 0 Å². The van der Waals surface area contributed by atoms with Crippen molar-refractivity contribution >= 4 is 18.0 Å². The summed E-state index contributed by atoms with van der Waals surface area (Å²) in [5, 5.41) is 16.6. The predicted octanol–water partition coefficient (Wildman–Crippen LogP) is -0.600. The summed E-state index contributed by atoms with van der Waals surface area (Å²) < 4.78 is 4.14. The molecule has 0 aromatic rings. The van der Waals surface area contributed by atoms with Crippen molar-refractivity contribution in [1.82, 2.24) is 0 Å². The number of carbonyl (C=O) groups is 3. The van der Waals surface area contributed by atoms with Crippen LogP contribution in [-0.2, 0) is 14.3 Å². The Balaban J connectivity index is 4.02. The minimum absolute atomic E-state index is 0.298. The topological polar surface area (TPSA) is 127 Å². The van der Waals surface area contributed by atoms with Gasteiger partial charge in [0.15, 0.2) is 0 Å². The molecule has 0 bridgehead atoms. The number of carboxylic acids is 2. The van der Waals surface area contributed by atoms with Crippen molar-refractivity contribution < 1.29 is 29.3 Å². The molecule has 1 unspecified atom stereocenters. The quantitative estimate of drug-likeness (QED) is 0.532. The molecular weight excluding hydrogens is 182 g/mol. The Hall–Kier alpha value is -1.79. The number of aliphatic carboxylic acids is 2. The van der Waals surface area contributed by atoms with Crippen LogP contribution in [0.4, 0.5) is 4.79 Å². The average molecular weight is 191 g/mol. The lowest BCUT2D eigenvalue weighted by Crippen LogP contribution is -2.30. The highest BCUT2D eigenvalue weighted by molar-refractivity contribution is 5.77. The molecule has 0 heterocycles. The van der Waals surface area contributed by atoms with Crippen molar-refractivity contribution in [1.29, 1.82) is 0 Å². The van der Waals surface area contributed by atoms with E-state index in [1.807, 2.05) is 0 Å². The van der Waals surface area contributed by atoms with Gasteiger partial charge in [0.1, 0.15) is 0 Å². The third kappa shape index (κ3) is 5.48. The number of nitrogens with two attached hydrogens (primary N) is 1. The number of hydrogen-bond acceptors (Lipinski definition) is 4. The lowest BCUT2D eigenvalue weighted by atomic mass is 10.2. The second-order valence-corrected chi connectivity index (χ2v) is 2.20. The summed E-state index contributed by atoms with van der Waals surface area (Å²) in [5.74, 6) is -2.58. The molecule has 0 aliphatic carbocycles. The van der Waals surface area contributed by atoms with E-state index < -0.39 is 30.6 Å². The second-order valence-electron chi connectivity index (χ2n) is 2.20. The highest BCUT2D eigenvalue weighted by atomic mass is 16.6. The van der Waals surface area contributed by atoms with E-state index in [2.05, 4.69) is 10.5 Å². The smallest absolute Gasteiger partial charge is 0.405 e. The van der Waals surface area contributed by atoms with Crippen LogP contribution in [0, 0.1) is 0 Å². The highest BCUT2D eigenvalue weighted by Gasteiger charge is 2.21. The minimum Gasteiger partial charge on any atom is -0.481 e. The molecule has 1 amide bonds. The van der Waals surface area contributed by atoms with Gasteiger partial charge in [-0.2, -0.15) is 0 Å². The molecule has 0 spiro atoms. The Morgan fingerprint density at radius 1 is 1.31 bits per heavy atom.